The van der Waals surface area contributed by atoms with Crippen LogP contribution < -0.4 is 0 Å². The Morgan fingerprint density at radius 1 is 1.35 bits per heavy atom. The molecule has 0 bridgehead atoms. The number of hydrogen-bond donors (Lipinski definition) is 0. The highest BCUT2D eigenvalue weighted by atomic mass is 32.2. The SMILES string of the molecule is C[C@@H]1CCCCN1C(=O)CSc1ncnc2sc3c(c12)CCC3. The minimum Gasteiger partial charge on any atom is -0.339 e. The van der Waals surface area contributed by atoms with E-state index in [4.69, 9.17) is 0 Å². The fraction of sp³-hybridized carbons (Fsp3) is 0.588. The Hall–Kier alpha value is -1.14. The molecule has 0 spiro atoms. The molecule has 1 amide bonds. The summed E-state index contributed by atoms with van der Waals surface area (Å²) in [6, 6.07) is 0.382. The van der Waals surface area contributed by atoms with Crippen LogP contribution in [0.2, 0.25) is 0 Å². The highest BCUT2D eigenvalue weighted by Crippen LogP contribution is 2.40. The maximum absolute atomic E-state index is 12.6. The van der Waals surface area contributed by atoms with Crippen molar-refractivity contribution < 1.29 is 4.79 Å². The third kappa shape index (κ3) is 2.87. The number of aryl methyl sites for hydroxylation is 2. The topological polar surface area (TPSA) is 46.1 Å². The average molecular weight is 348 g/mol. The second-order valence-corrected chi connectivity index (χ2v) is 8.48. The number of rotatable bonds is 3. The smallest absolute Gasteiger partial charge is 0.233 e. The summed E-state index contributed by atoms with van der Waals surface area (Å²) in [6.07, 6.45) is 8.69. The van der Waals surface area contributed by atoms with Crippen molar-refractivity contribution in [3.8, 4) is 0 Å². The van der Waals surface area contributed by atoms with Gasteiger partial charge < -0.3 is 4.90 Å². The minimum atomic E-state index is 0.251. The fourth-order valence-corrected chi connectivity index (χ4v) is 5.90. The van der Waals surface area contributed by atoms with Crippen molar-refractivity contribution >= 4 is 39.2 Å². The summed E-state index contributed by atoms with van der Waals surface area (Å²) in [7, 11) is 0. The maximum Gasteiger partial charge on any atom is 0.233 e. The summed E-state index contributed by atoms with van der Waals surface area (Å²) in [6.45, 7) is 3.07. The number of hydrogen-bond acceptors (Lipinski definition) is 5. The van der Waals surface area contributed by atoms with E-state index in [-0.39, 0.29) is 5.91 Å². The number of fused-ring (bicyclic) bond motifs is 3. The van der Waals surface area contributed by atoms with Crippen molar-refractivity contribution in [2.24, 2.45) is 0 Å². The molecule has 0 radical (unpaired) electrons. The molecule has 4 nitrogen and oxygen atoms in total. The largest absolute Gasteiger partial charge is 0.339 e. The van der Waals surface area contributed by atoms with Crippen LogP contribution in [0.3, 0.4) is 0 Å². The third-order valence-corrected chi connectivity index (χ3v) is 7.10. The Morgan fingerprint density at radius 2 is 2.26 bits per heavy atom. The lowest BCUT2D eigenvalue weighted by atomic mass is 10.0. The lowest BCUT2D eigenvalue weighted by molar-refractivity contribution is -0.131. The molecule has 6 heteroatoms. The van der Waals surface area contributed by atoms with Crippen LogP contribution in [0.15, 0.2) is 11.4 Å². The Morgan fingerprint density at radius 3 is 3.13 bits per heavy atom. The van der Waals surface area contributed by atoms with E-state index >= 15 is 0 Å². The molecule has 0 saturated carbocycles. The van der Waals surface area contributed by atoms with Crippen molar-refractivity contribution in [3.05, 3.63) is 16.8 Å². The second kappa shape index (κ2) is 6.40. The number of thioether (sulfide) groups is 1. The number of amides is 1. The van der Waals surface area contributed by atoms with Crippen LogP contribution in [0, 0.1) is 0 Å². The summed E-state index contributed by atoms with van der Waals surface area (Å²) in [5.41, 5.74) is 1.44. The van der Waals surface area contributed by atoms with E-state index in [1.807, 2.05) is 4.90 Å². The molecular formula is C17H21N3OS2. The maximum atomic E-state index is 12.6. The number of aromatic nitrogens is 2. The number of carbonyl (C=O) groups is 1. The summed E-state index contributed by atoms with van der Waals surface area (Å²) < 4.78 is 0. The van der Waals surface area contributed by atoms with Gasteiger partial charge in [0, 0.05) is 22.8 Å². The number of thiophene rings is 1. The molecule has 23 heavy (non-hydrogen) atoms. The minimum absolute atomic E-state index is 0.251. The molecule has 122 valence electrons. The number of piperidine rings is 1. The molecule has 3 heterocycles. The molecule has 4 rings (SSSR count). The van der Waals surface area contributed by atoms with Crippen molar-refractivity contribution in [1.29, 1.82) is 0 Å². The summed E-state index contributed by atoms with van der Waals surface area (Å²) >= 11 is 3.39. The molecule has 2 aromatic rings. The first-order valence-corrected chi connectivity index (χ1v) is 10.2. The van der Waals surface area contributed by atoms with Crippen molar-refractivity contribution in [3.63, 3.8) is 0 Å². The summed E-state index contributed by atoms with van der Waals surface area (Å²) in [5.74, 6) is 0.738. The number of likely N-dealkylation sites (tertiary alicyclic amines) is 1. The predicted octanol–water partition coefficient (Wildman–Crippen LogP) is 3.67. The zero-order valence-electron chi connectivity index (χ0n) is 13.4. The quantitative estimate of drug-likeness (QED) is 0.628. The van der Waals surface area contributed by atoms with Gasteiger partial charge in [0.25, 0.3) is 0 Å². The lowest BCUT2D eigenvalue weighted by Gasteiger charge is -2.33. The molecule has 0 aromatic carbocycles. The number of nitrogens with zero attached hydrogens (tertiary/aromatic N) is 3. The Bertz CT molecular complexity index is 743. The molecule has 1 saturated heterocycles. The van der Waals surface area contributed by atoms with Crippen molar-refractivity contribution in [2.75, 3.05) is 12.3 Å². The highest BCUT2D eigenvalue weighted by Gasteiger charge is 2.25. The first-order valence-electron chi connectivity index (χ1n) is 8.41. The zero-order valence-corrected chi connectivity index (χ0v) is 15.0. The van der Waals surface area contributed by atoms with Crippen LogP contribution >= 0.6 is 23.1 Å². The molecule has 2 aliphatic rings. The highest BCUT2D eigenvalue weighted by molar-refractivity contribution is 8.00. The van der Waals surface area contributed by atoms with E-state index in [9.17, 15) is 4.79 Å². The van der Waals surface area contributed by atoms with E-state index in [0.29, 0.717) is 11.8 Å². The van der Waals surface area contributed by atoms with E-state index in [1.165, 1.54) is 35.1 Å². The van der Waals surface area contributed by atoms with Gasteiger partial charge in [-0.25, -0.2) is 9.97 Å². The van der Waals surface area contributed by atoms with Gasteiger partial charge >= 0.3 is 0 Å². The van der Waals surface area contributed by atoms with Gasteiger partial charge in [0.1, 0.15) is 16.2 Å². The first kappa shape index (κ1) is 15.4. The molecule has 1 fully saturated rings. The van der Waals surface area contributed by atoms with Gasteiger partial charge in [-0.3, -0.25) is 4.79 Å². The molecule has 1 atom stereocenters. The fourth-order valence-electron chi connectivity index (χ4n) is 3.69. The van der Waals surface area contributed by atoms with E-state index < -0.39 is 0 Å². The summed E-state index contributed by atoms with van der Waals surface area (Å²) in [5, 5.41) is 2.21. The molecule has 0 N–H and O–H groups in total. The van der Waals surface area contributed by atoms with Gasteiger partial charge in [-0.05, 0) is 51.0 Å². The van der Waals surface area contributed by atoms with Gasteiger partial charge in [-0.15, -0.1) is 11.3 Å². The summed E-state index contributed by atoms with van der Waals surface area (Å²) in [4.78, 5) is 26.1. The molecular weight excluding hydrogens is 326 g/mol. The van der Waals surface area contributed by atoms with E-state index in [0.717, 1.165) is 35.7 Å². The van der Waals surface area contributed by atoms with Crippen LogP contribution in [0.25, 0.3) is 10.2 Å². The second-order valence-electron chi connectivity index (χ2n) is 6.44. The van der Waals surface area contributed by atoms with Gasteiger partial charge in [-0.2, -0.15) is 0 Å². The van der Waals surface area contributed by atoms with E-state index in [1.54, 1.807) is 29.4 Å². The monoisotopic (exact) mass is 347 g/mol. The predicted molar refractivity (Wildman–Crippen MR) is 95.2 cm³/mol. The average Bonchev–Trinajstić information content (AvgIpc) is 3.13. The molecule has 2 aromatic heterocycles. The van der Waals surface area contributed by atoms with Crippen LogP contribution in [0.5, 0.6) is 0 Å². The van der Waals surface area contributed by atoms with Crippen LogP contribution in [-0.2, 0) is 17.6 Å². The van der Waals surface area contributed by atoms with Gasteiger partial charge in [0.2, 0.25) is 5.91 Å². The first-order chi connectivity index (χ1) is 11.2. The van der Waals surface area contributed by atoms with E-state index in [2.05, 4.69) is 16.9 Å². The Labute approximate surface area is 144 Å². The normalized spacial score (nSPS) is 20.9. The number of carbonyl (C=O) groups excluding carboxylic acids is 1. The van der Waals surface area contributed by atoms with Crippen molar-refractivity contribution in [2.45, 2.75) is 56.5 Å². The van der Waals surface area contributed by atoms with Crippen LogP contribution in [-0.4, -0.2) is 39.1 Å². The molecule has 0 unspecified atom stereocenters. The van der Waals surface area contributed by atoms with Crippen LogP contribution in [0.4, 0.5) is 0 Å². The standard InChI is InChI=1S/C17H21N3OS2/c1-11-5-2-3-8-20(11)14(21)9-22-16-15-12-6-4-7-13(12)23-17(15)19-10-18-16/h10-11H,2-9H2,1H3/t11-/m1/s1. The Kier molecular flexibility index (Phi) is 4.28. The molecule has 1 aliphatic heterocycles. The van der Waals surface area contributed by atoms with Gasteiger partial charge in [-0.1, -0.05) is 11.8 Å². The van der Waals surface area contributed by atoms with Gasteiger partial charge in [0.15, 0.2) is 0 Å². The van der Waals surface area contributed by atoms with Crippen LogP contribution in [0.1, 0.15) is 43.0 Å². The third-order valence-electron chi connectivity index (χ3n) is 4.92. The Balaban J connectivity index is 1.53. The van der Waals surface area contributed by atoms with Gasteiger partial charge in [0.05, 0.1) is 5.75 Å². The molecule has 1 aliphatic carbocycles. The van der Waals surface area contributed by atoms with Crippen molar-refractivity contribution in [1.82, 2.24) is 14.9 Å². The lowest BCUT2D eigenvalue weighted by Crippen LogP contribution is -2.42. The zero-order chi connectivity index (χ0) is 15.8.